The summed E-state index contributed by atoms with van der Waals surface area (Å²) in [7, 11) is 0. The number of nitrogens with zero attached hydrogens (tertiary/aromatic N) is 1. The lowest BCUT2D eigenvalue weighted by molar-refractivity contribution is 0.0927. The minimum atomic E-state index is -0.563. The van der Waals surface area contributed by atoms with Crippen molar-refractivity contribution in [2.75, 3.05) is 0 Å². The molecule has 0 radical (unpaired) electrons. The standard InChI is InChI=1S/C11H9BrFNO/c1-7(5-6-14)11(15)8-3-2-4-9(12)10(8)13/h2-4,7H,5H2,1H3. The highest BCUT2D eigenvalue weighted by atomic mass is 79.9. The summed E-state index contributed by atoms with van der Waals surface area (Å²) in [5.74, 6) is -1.37. The molecule has 1 aromatic rings. The zero-order chi connectivity index (χ0) is 11.4. The molecule has 1 unspecified atom stereocenters. The van der Waals surface area contributed by atoms with Crippen molar-refractivity contribution in [1.82, 2.24) is 0 Å². The summed E-state index contributed by atoms with van der Waals surface area (Å²) in [5, 5.41) is 8.45. The summed E-state index contributed by atoms with van der Waals surface area (Å²) < 4.78 is 13.8. The highest BCUT2D eigenvalue weighted by Gasteiger charge is 2.19. The average Bonchev–Trinajstić information content (AvgIpc) is 2.21. The number of hydrogen-bond acceptors (Lipinski definition) is 2. The van der Waals surface area contributed by atoms with Crippen molar-refractivity contribution in [3.63, 3.8) is 0 Å². The fraction of sp³-hybridized carbons (Fsp3) is 0.273. The van der Waals surface area contributed by atoms with Gasteiger partial charge < -0.3 is 0 Å². The van der Waals surface area contributed by atoms with E-state index in [9.17, 15) is 9.18 Å². The summed E-state index contributed by atoms with van der Waals surface area (Å²) >= 11 is 3.01. The predicted molar refractivity (Wildman–Crippen MR) is 57.8 cm³/mol. The molecule has 1 rings (SSSR count). The number of carbonyl (C=O) groups is 1. The lowest BCUT2D eigenvalue weighted by atomic mass is 9.97. The second kappa shape index (κ2) is 5.04. The first-order chi connectivity index (χ1) is 7.07. The van der Waals surface area contributed by atoms with Crippen molar-refractivity contribution in [3.8, 4) is 6.07 Å². The minimum Gasteiger partial charge on any atom is -0.294 e. The van der Waals surface area contributed by atoms with Gasteiger partial charge in [-0.1, -0.05) is 13.0 Å². The molecule has 0 amide bonds. The Morgan fingerprint density at radius 3 is 2.93 bits per heavy atom. The van der Waals surface area contributed by atoms with Crippen molar-refractivity contribution >= 4 is 21.7 Å². The maximum absolute atomic E-state index is 13.5. The average molecular weight is 270 g/mol. The molecule has 1 atom stereocenters. The second-order valence-corrected chi connectivity index (χ2v) is 4.08. The van der Waals surface area contributed by atoms with Crippen molar-refractivity contribution < 1.29 is 9.18 Å². The van der Waals surface area contributed by atoms with Crippen LogP contribution in [0.3, 0.4) is 0 Å². The second-order valence-electron chi connectivity index (χ2n) is 3.23. The van der Waals surface area contributed by atoms with Gasteiger partial charge in [0.25, 0.3) is 0 Å². The molecule has 15 heavy (non-hydrogen) atoms. The smallest absolute Gasteiger partial charge is 0.169 e. The first-order valence-corrected chi connectivity index (χ1v) is 5.22. The zero-order valence-electron chi connectivity index (χ0n) is 8.13. The molecule has 1 aromatic carbocycles. The molecule has 2 nitrogen and oxygen atoms in total. The van der Waals surface area contributed by atoms with Gasteiger partial charge in [-0.15, -0.1) is 0 Å². The van der Waals surface area contributed by atoms with Crippen LogP contribution in [-0.4, -0.2) is 5.78 Å². The van der Waals surface area contributed by atoms with Gasteiger partial charge in [-0.2, -0.15) is 5.26 Å². The highest BCUT2D eigenvalue weighted by molar-refractivity contribution is 9.10. The Morgan fingerprint density at radius 2 is 2.33 bits per heavy atom. The lowest BCUT2D eigenvalue weighted by Gasteiger charge is -2.07. The molecule has 0 bridgehead atoms. The molecule has 0 aromatic heterocycles. The van der Waals surface area contributed by atoms with Gasteiger partial charge in [0.15, 0.2) is 5.78 Å². The molecular formula is C11H9BrFNO. The van der Waals surface area contributed by atoms with Crippen molar-refractivity contribution in [1.29, 1.82) is 5.26 Å². The van der Waals surface area contributed by atoms with Crippen LogP contribution in [0.1, 0.15) is 23.7 Å². The first kappa shape index (κ1) is 11.9. The Labute approximate surface area is 95.8 Å². The van der Waals surface area contributed by atoms with E-state index in [1.165, 1.54) is 12.1 Å². The van der Waals surface area contributed by atoms with Crippen LogP contribution >= 0.6 is 15.9 Å². The first-order valence-electron chi connectivity index (χ1n) is 4.43. The molecule has 4 heteroatoms. The molecular weight excluding hydrogens is 261 g/mol. The number of ketones is 1. The molecule has 0 saturated heterocycles. The zero-order valence-corrected chi connectivity index (χ0v) is 9.71. The van der Waals surface area contributed by atoms with Gasteiger partial charge in [0.05, 0.1) is 16.1 Å². The summed E-state index contributed by atoms with van der Waals surface area (Å²) in [5.41, 5.74) is 0.0344. The number of nitriles is 1. The van der Waals surface area contributed by atoms with E-state index >= 15 is 0 Å². The van der Waals surface area contributed by atoms with Crippen molar-refractivity contribution in [2.24, 2.45) is 5.92 Å². The van der Waals surface area contributed by atoms with E-state index in [1.807, 2.05) is 6.07 Å². The van der Waals surface area contributed by atoms with E-state index in [0.717, 1.165) is 0 Å². The van der Waals surface area contributed by atoms with Gasteiger partial charge in [0, 0.05) is 12.3 Å². The van der Waals surface area contributed by atoms with E-state index in [4.69, 9.17) is 5.26 Å². The van der Waals surface area contributed by atoms with Gasteiger partial charge in [-0.3, -0.25) is 4.79 Å². The maximum atomic E-state index is 13.5. The van der Waals surface area contributed by atoms with Crippen LogP contribution in [0, 0.1) is 23.1 Å². The number of halogens is 2. The van der Waals surface area contributed by atoms with Gasteiger partial charge >= 0.3 is 0 Å². The lowest BCUT2D eigenvalue weighted by Crippen LogP contribution is -2.12. The Morgan fingerprint density at radius 1 is 1.67 bits per heavy atom. The molecule has 0 N–H and O–H groups in total. The van der Waals surface area contributed by atoms with Crippen molar-refractivity contribution in [3.05, 3.63) is 34.1 Å². The van der Waals surface area contributed by atoms with E-state index < -0.39 is 11.7 Å². The summed E-state index contributed by atoms with van der Waals surface area (Å²) in [6.45, 7) is 1.62. The molecule has 0 aliphatic carbocycles. The molecule has 0 aliphatic rings. The van der Waals surface area contributed by atoms with Crippen LogP contribution in [-0.2, 0) is 0 Å². The topological polar surface area (TPSA) is 40.9 Å². The van der Waals surface area contributed by atoms with Crippen LogP contribution in [0.25, 0.3) is 0 Å². The monoisotopic (exact) mass is 269 g/mol. The fourth-order valence-electron chi connectivity index (χ4n) is 1.19. The normalized spacial score (nSPS) is 11.9. The summed E-state index contributed by atoms with van der Waals surface area (Å²) in [6, 6.07) is 6.45. The summed E-state index contributed by atoms with van der Waals surface area (Å²) in [6.07, 6.45) is 0.102. The van der Waals surface area contributed by atoms with E-state index in [0.29, 0.717) is 0 Å². The van der Waals surface area contributed by atoms with Crippen LogP contribution in [0.15, 0.2) is 22.7 Å². The van der Waals surface area contributed by atoms with Crippen LogP contribution in [0.5, 0.6) is 0 Å². The van der Waals surface area contributed by atoms with Gasteiger partial charge in [-0.05, 0) is 28.1 Å². The van der Waals surface area contributed by atoms with Crippen LogP contribution in [0.2, 0.25) is 0 Å². The molecule has 0 heterocycles. The third kappa shape index (κ3) is 2.63. The Hall–Kier alpha value is -1.21. The number of benzene rings is 1. The van der Waals surface area contributed by atoms with Crippen LogP contribution in [0.4, 0.5) is 4.39 Å². The highest BCUT2D eigenvalue weighted by Crippen LogP contribution is 2.21. The number of hydrogen-bond donors (Lipinski definition) is 0. The SMILES string of the molecule is CC(CC#N)C(=O)c1cccc(Br)c1F. The molecule has 0 fully saturated rings. The Kier molecular flexibility index (Phi) is 3.98. The fourth-order valence-corrected chi connectivity index (χ4v) is 1.56. The van der Waals surface area contributed by atoms with Crippen molar-refractivity contribution in [2.45, 2.75) is 13.3 Å². The van der Waals surface area contributed by atoms with Gasteiger partial charge in [0.1, 0.15) is 5.82 Å². The maximum Gasteiger partial charge on any atom is 0.169 e. The van der Waals surface area contributed by atoms with Gasteiger partial charge in [-0.25, -0.2) is 4.39 Å². The molecule has 0 aliphatic heterocycles. The Balaban J connectivity index is 3.02. The minimum absolute atomic E-state index is 0.0344. The molecule has 78 valence electrons. The van der Waals surface area contributed by atoms with Crippen LogP contribution < -0.4 is 0 Å². The van der Waals surface area contributed by atoms with E-state index in [-0.39, 0.29) is 22.2 Å². The van der Waals surface area contributed by atoms with E-state index in [1.54, 1.807) is 13.0 Å². The van der Waals surface area contributed by atoms with Gasteiger partial charge in [0.2, 0.25) is 0 Å². The molecule has 0 saturated carbocycles. The number of Topliss-reactive ketones (excluding diaryl/α,β-unsaturated/α-hetero) is 1. The number of carbonyl (C=O) groups excluding carboxylic acids is 1. The third-order valence-corrected chi connectivity index (χ3v) is 2.67. The Bertz CT molecular complexity index is 425. The van der Waals surface area contributed by atoms with E-state index in [2.05, 4.69) is 15.9 Å². The molecule has 0 spiro atoms. The third-order valence-electron chi connectivity index (χ3n) is 2.06. The quantitative estimate of drug-likeness (QED) is 0.790. The summed E-state index contributed by atoms with van der Waals surface area (Å²) in [4.78, 5) is 11.7. The number of rotatable bonds is 3. The predicted octanol–water partition coefficient (Wildman–Crippen LogP) is 3.32. The largest absolute Gasteiger partial charge is 0.294 e.